The van der Waals surface area contributed by atoms with Gasteiger partial charge in [0.25, 0.3) is 0 Å². The highest BCUT2D eigenvalue weighted by Gasteiger charge is 2.33. The van der Waals surface area contributed by atoms with Gasteiger partial charge in [0.2, 0.25) is 20.0 Å². The quantitative estimate of drug-likeness (QED) is 0.0827. The van der Waals surface area contributed by atoms with Crippen LogP contribution in [0.2, 0.25) is 0 Å². The number of hydrogen-bond acceptors (Lipinski definition) is 6. The molecular formula is C46H62N2O6S2. The number of nitrogens with zero attached hydrogens (tertiary/aromatic N) is 2. The van der Waals surface area contributed by atoms with E-state index in [1.165, 1.54) is 0 Å². The lowest BCUT2D eigenvalue weighted by Crippen LogP contribution is -2.39. The smallest absolute Gasteiger partial charge is 0.217 e. The Morgan fingerprint density at radius 2 is 0.750 bits per heavy atom. The summed E-state index contributed by atoms with van der Waals surface area (Å²) in [6.07, 6.45) is 4.90. The molecule has 0 aliphatic rings. The molecule has 4 aromatic carbocycles. The summed E-state index contributed by atoms with van der Waals surface area (Å²) in [6.45, 7) is 20.4. The molecule has 0 amide bonds. The molecule has 56 heavy (non-hydrogen) atoms. The maximum atomic E-state index is 13.4. The van der Waals surface area contributed by atoms with Crippen LogP contribution in [0.25, 0.3) is 0 Å². The van der Waals surface area contributed by atoms with Crippen LogP contribution >= 0.6 is 0 Å². The maximum absolute atomic E-state index is 13.4. The van der Waals surface area contributed by atoms with Crippen LogP contribution in [0, 0.1) is 25.7 Å². The van der Waals surface area contributed by atoms with Crippen molar-refractivity contribution in [2.45, 2.75) is 91.1 Å². The van der Waals surface area contributed by atoms with E-state index in [0.717, 1.165) is 44.9 Å². The Hall–Kier alpha value is -4.22. The molecule has 0 radical (unpaired) electrons. The van der Waals surface area contributed by atoms with Gasteiger partial charge < -0.3 is 9.47 Å². The van der Waals surface area contributed by atoms with E-state index in [1.54, 1.807) is 48.8 Å². The lowest BCUT2D eigenvalue weighted by molar-refractivity contribution is 0.382. The summed E-state index contributed by atoms with van der Waals surface area (Å²) < 4.78 is 67.2. The highest BCUT2D eigenvalue weighted by Crippen LogP contribution is 2.26. The summed E-state index contributed by atoms with van der Waals surface area (Å²) in [5, 5.41) is -0.983. The van der Waals surface area contributed by atoms with Crippen LogP contribution in [0.5, 0.6) is 11.5 Å². The molecule has 0 aliphatic carbocycles. The predicted octanol–water partition coefficient (Wildman–Crippen LogP) is 9.87. The van der Waals surface area contributed by atoms with Crippen LogP contribution < -0.4 is 9.47 Å². The van der Waals surface area contributed by atoms with Gasteiger partial charge in [-0.1, -0.05) is 110 Å². The third-order valence-electron chi connectivity index (χ3n) is 10.3. The zero-order valence-electron chi connectivity index (χ0n) is 34.5. The van der Waals surface area contributed by atoms with Crippen LogP contribution in [0.4, 0.5) is 0 Å². The molecule has 0 saturated carbocycles. The van der Waals surface area contributed by atoms with Crippen molar-refractivity contribution >= 4 is 20.0 Å². The first-order valence-electron chi connectivity index (χ1n) is 19.1. The van der Waals surface area contributed by atoms with Gasteiger partial charge in [-0.15, -0.1) is 13.2 Å². The summed E-state index contributed by atoms with van der Waals surface area (Å²) in [4.78, 5) is 0. The molecule has 0 bridgehead atoms. The molecule has 0 N–H and O–H groups in total. The fourth-order valence-corrected chi connectivity index (χ4v) is 9.75. The van der Waals surface area contributed by atoms with E-state index >= 15 is 0 Å². The van der Waals surface area contributed by atoms with Crippen molar-refractivity contribution in [3.05, 3.63) is 156 Å². The number of rotatable bonds is 20. The van der Waals surface area contributed by atoms with Crippen molar-refractivity contribution in [3.8, 4) is 11.5 Å². The number of benzene rings is 4. The van der Waals surface area contributed by atoms with E-state index in [9.17, 15) is 16.8 Å². The van der Waals surface area contributed by atoms with Crippen molar-refractivity contribution in [2.75, 3.05) is 14.2 Å². The minimum atomic E-state index is -3.49. The van der Waals surface area contributed by atoms with Crippen LogP contribution in [-0.4, -0.2) is 50.2 Å². The van der Waals surface area contributed by atoms with Gasteiger partial charge in [0.1, 0.15) is 11.5 Å². The van der Waals surface area contributed by atoms with Gasteiger partial charge >= 0.3 is 0 Å². The molecule has 0 heterocycles. The second kappa shape index (κ2) is 21.9. The average molecular weight is 803 g/mol. The molecule has 304 valence electrons. The third-order valence-corrected chi connectivity index (χ3v) is 15.1. The predicted molar refractivity (Wildman–Crippen MR) is 232 cm³/mol. The molecular weight excluding hydrogens is 741 g/mol. The van der Waals surface area contributed by atoms with Crippen LogP contribution in [0.1, 0.15) is 73.9 Å². The van der Waals surface area contributed by atoms with E-state index in [0.29, 0.717) is 39.0 Å². The molecule has 0 aromatic heterocycles. The van der Waals surface area contributed by atoms with E-state index in [-0.39, 0.29) is 11.8 Å². The number of methoxy groups -OCH3 is 2. The van der Waals surface area contributed by atoms with E-state index < -0.39 is 30.5 Å². The summed E-state index contributed by atoms with van der Waals surface area (Å²) in [5.41, 5.74) is 6.13. The van der Waals surface area contributed by atoms with Gasteiger partial charge in [0.05, 0.1) is 24.7 Å². The van der Waals surface area contributed by atoms with Crippen LogP contribution in [0.15, 0.2) is 122 Å². The molecule has 4 atom stereocenters. The SMILES string of the molecule is C=CC[C@@H](C)[C@@H](C)S(=O)(=O)N(Cc1ccc(C)cc1)Cc1ccc(OC)cc1.C=CC[C@@H](C)[C@H](C)S(=O)(=O)N(Cc1ccc(C)cc1)Cc1ccc(OC)cc1. The summed E-state index contributed by atoms with van der Waals surface area (Å²) in [5.74, 6) is 1.51. The lowest BCUT2D eigenvalue weighted by atomic mass is 10.1. The molecule has 0 fully saturated rings. The van der Waals surface area contributed by atoms with Crippen molar-refractivity contribution in [3.63, 3.8) is 0 Å². The van der Waals surface area contributed by atoms with Gasteiger partial charge in [-0.3, -0.25) is 0 Å². The average Bonchev–Trinajstić information content (AvgIpc) is 3.19. The van der Waals surface area contributed by atoms with Crippen LogP contribution in [-0.2, 0) is 46.2 Å². The first-order valence-corrected chi connectivity index (χ1v) is 22.1. The van der Waals surface area contributed by atoms with Crippen LogP contribution in [0.3, 0.4) is 0 Å². The van der Waals surface area contributed by atoms with Gasteiger partial charge in [0.15, 0.2) is 0 Å². The standard InChI is InChI=1S/2C23H31NO3S/c2*1-6-7-19(3)20(4)28(25,26)24(16-21-10-8-18(2)9-11-21)17-22-12-14-23(27-5)15-13-22/h2*6,8-15,19-20H,1,7,16-17H2,2-5H3/t19-,20+;19-,20-/m11/s1. The van der Waals surface area contributed by atoms with Crippen molar-refractivity contribution in [1.82, 2.24) is 8.61 Å². The Balaban J connectivity index is 0.000000300. The highest BCUT2D eigenvalue weighted by atomic mass is 32.2. The number of aryl methyl sites for hydroxylation is 2. The van der Waals surface area contributed by atoms with Gasteiger partial charge in [0, 0.05) is 26.2 Å². The van der Waals surface area contributed by atoms with Gasteiger partial charge in [-0.05, 0) is 98.9 Å². The number of allylic oxidation sites excluding steroid dienone is 2. The fraction of sp³-hybridized carbons (Fsp3) is 0.391. The second-order valence-corrected chi connectivity index (χ2v) is 19.3. The number of hydrogen-bond donors (Lipinski definition) is 0. The molecule has 4 aromatic rings. The largest absolute Gasteiger partial charge is 0.497 e. The number of ether oxygens (including phenoxy) is 2. The first-order chi connectivity index (χ1) is 26.5. The molecule has 0 saturated heterocycles. The maximum Gasteiger partial charge on any atom is 0.217 e. The third kappa shape index (κ3) is 13.5. The summed E-state index contributed by atoms with van der Waals surface area (Å²) in [6, 6.07) is 31.1. The molecule has 4 rings (SSSR count). The monoisotopic (exact) mass is 802 g/mol. The normalized spacial score (nSPS) is 13.9. The van der Waals surface area contributed by atoms with E-state index in [4.69, 9.17) is 9.47 Å². The zero-order chi connectivity index (χ0) is 41.5. The summed E-state index contributed by atoms with van der Waals surface area (Å²) >= 11 is 0. The Bertz CT molecular complexity index is 1860. The molecule has 0 unspecified atom stereocenters. The minimum Gasteiger partial charge on any atom is -0.497 e. The molecule has 0 spiro atoms. The first kappa shape index (κ1) is 46.2. The van der Waals surface area contributed by atoms with Crippen molar-refractivity contribution < 1.29 is 26.3 Å². The lowest BCUT2D eigenvalue weighted by Gasteiger charge is -2.29. The van der Waals surface area contributed by atoms with E-state index in [2.05, 4.69) is 13.2 Å². The summed E-state index contributed by atoms with van der Waals surface area (Å²) in [7, 11) is -3.75. The fourth-order valence-electron chi connectivity index (χ4n) is 6.10. The Morgan fingerprint density at radius 1 is 0.500 bits per heavy atom. The van der Waals surface area contributed by atoms with E-state index in [1.807, 2.05) is 125 Å². The molecule has 8 nitrogen and oxygen atoms in total. The molecule has 10 heteroatoms. The highest BCUT2D eigenvalue weighted by molar-refractivity contribution is 7.90. The van der Waals surface area contributed by atoms with Gasteiger partial charge in [-0.25, -0.2) is 16.8 Å². The minimum absolute atomic E-state index is 0.00103. The topological polar surface area (TPSA) is 93.2 Å². The zero-order valence-corrected chi connectivity index (χ0v) is 36.2. The number of sulfonamides is 2. The molecule has 0 aliphatic heterocycles. The van der Waals surface area contributed by atoms with Gasteiger partial charge in [-0.2, -0.15) is 8.61 Å². The van der Waals surface area contributed by atoms with Crippen molar-refractivity contribution in [1.29, 1.82) is 0 Å². The Labute approximate surface area is 338 Å². The second-order valence-electron chi connectivity index (χ2n) is 14.7. The Kier molecular flexibility index (Phi) is 18.1. The van der Waals surface area contributed by atoms with Crippen molar-refractivity contribution in [2.24, 2.45) is 11.8 Å². The Morgan fingerprint density at radius 3 is 0.982 bits per heavy atom.